The SMILES string of the molecule is OC1(C2CCCCCCC2)CC(c2ccccc2)C(c2ccccc2)CCCC1c1ccccc1. The van der Waals surface area contributed by atoms with Crippen LogP contribution in [0.4, 0.5) is 0 Å². The van der Waals surface area contributed by atoms with E-state index in [0.29, 0.717) is 17.8 Å². The van der Waals surface area contributed by atoms with Gasteiger partial charge in [0, 0.05) is 5.92 Å². The van der Waals surface area contributed by atoms with Crippen LogP contribution in [-0.4, -0.2) is 10.7 Å². The van der Waals surface area contributed by atoms with E-state index in [9.17, 15) is 5.11 Å². The molecule has 2 aliphatic rings. The molecule has 4 unspecified atom stereocenters. The summed E-state index contributed by atoms with van der Waals surface area (Å²) < 4.78 is 0. The fourth-order valence-electron chi connectivity index (χ4n) is 7.33. The quantitative estimate of drug-likeness (QED) is 0.407. The molecule has 0 radical (unpaired) electrons. The lowest BCUT2D eigenvalue weighted by molar-refractivity contribution is -0.0726. The van der Waals surface area contributed by atoms with Gasteiger partial charge >= 0.3 is 0 Å². The third kappa shape index (κ3) is 5.56. The molecule has 0 aliphatic heterocycles. The van der Waals surface area contributed by atoms with E-state index in [-0.39, 0.29) is 5.92 Å². The van der Waals surface area contributed by atoms with Gasteiger partial charge in [-0.05, 0) is 66.5 Å². The van der Waals surface area contributed by atoms with Crippen molar-refractivity contribution in [3.8, 4) is 0 Å². The zero-order valence-corrected chi connectivity index (χ0v) is 21.2. The second-order valence-electron chi connectivity index (χ2n) is 11.2. The van der Waals surface area contributed by atoms with Crippen LogP contribution < -0.4 is 0 Å². The van der Waals surface area contributed by atoms with Crippen LogP contribution in [0.15, 0.2) is 91.0 Å². The lowest BCUT2D eigenvalue weighted by atomic mass is 9.60. The van der Waals surface area contributed by atoms with Crippen molar-refractivity contribution in [2.75, 3.05) is 0 Å². The van der Waals surface area contributed by atoms with E-state index in [0.717, 1.165) is 32.1 Å². The summed E-state index contributed by atoms with van der Waals surface area (Å²) in [5.41, 5.74) is 3.47. The van der Waals surface area contributed by atoms with E-state index in [1.165, 1.54) is 55.2 Å². The van der Waals surface area contributed by atoms with Gasteiger partial charge in [-0.2, -0.15) is 0 Å². The van der Waals surface area contributed by atoms with Crippen molar-refractivity contribution in [2.45, 2.75) is 94.0 Å². The second kappa shape index (κ2) is 11.6. The van der Waals surface area contributed by atoms with Crippen LogP contribution in [-0.2, 0) is 0 Å². The highest BCUT2D eigenvalue weighted by Gasteiger charge is 2.47. The molecule has 0 saturated heterocycles. The number of rotatable bonds is 4. The molecule has 2 saturated carbocycles. The number of hydrogen-bond acceptors (Lipinski definition) is 1. The normalized spacial score (nSPS) is 28.9. The third-order valence-corrected chi connectivity index (χ3v) is 9.11. The predicted molar refractivity (Wildman–Crippen MR) is 147 cm³/mol. The maximum Gasteiger partial charge on any atom is 0.0750 e. The Kier molecular flexibility index (Phi) is 8.04. The summed E-state index contributed by atoms with van der Waals surface area (Å²) in [6.07, 6.45) is 13.1. The first-order valence-electron chi connectivity index (χ1n) is 14.1. The van der Waals surface area contributed by atoms with Gasteiger partial charge < -0.3 is 5.11 Å². The molecule has 0 bridgehead atoms. The summed E-state index contributed by atoms with van der Waals surface area (Å²) in [6.45, 7) is 0. The molecule has 5 rings (SSSR count). The largest absolute Gasteiger partial charge is 0.389 e. The Morgan fingerprint density at radius 1 is 0.486 bits per heavy atom. The lowest BCUT2D eigenvalue weighted by Gasteiger charge is -2.48. The summed E-state index contributed by atoms with van der Waals surface area (Å²) in [5, 5.41) is 13.0. The third-order valence-electron chi connectivity index (χ3n) is 9.11. The molecule has 4 atom stereocenters. The molecule has 2 aliphatic carbocycles. The highest BCUT2D eigenvalue weighted by molar-refractivity contribution is 5.32. The Balaban J connectivity index is 1.59. The molecule has 1 N–H and O–H groups in total. The molecule has 3 aromatic rings. The fourth-order valence-corrected chi connectivity index (χ4v) is 7.33. The van der Waals surface area contributed by atoms with Crippen molar-refractivity contribution in [2.24, 2.45) is 5.92 Å². The average Bonchev–Trinajstić information content (AvgIpc) is 2.88. The summed E-state index contributed by atoms with van der Waals surface area (Å²) in [6, 6.07) is 33.2. The van der Waals surface area contributed by atoms with Gasteiger partial charge in [-0.25, -0.2) is 0 Å². The first kappa shape index (κ1) is 24.3. The summed E-state index contributed by atoms with van der Waals surface area (Å²) >= 11 is 0. The van der Waals surface area contributed by atoms with Crippen LogP contribution in [0.25, 0.3) is 0 Å². The molecule has 0 heterocycles. The minimum Gasteiger partial charge on any atom is -0.389 e. The zero-order valence-electron chi connectivity index (χ0n) is 21.2. The first-order valence-corrected chi connectivity index (χ1v) is 14.1. The monoisotopic (exact) mass is 466 g/mol. The molecule has 0 spiro atoms. The van der Waals surface area contributed by atoms with Crippen molar-refractivity contribution in [1.82, 2.24) is 0 Å². The highest BCUT2D eigenvalue weighted by Crippen LogP contribution is 2.53. The van der Waals surface area contributed by atoms with E-state index < -0.39 is 5.60 Å². The van der Waals surface area contributed by atoms with Crippen molar-refractivity contribution < 1.29 is 5.11 Å². The van der Waals surface area contributed by atoms with Gasteiger partial charge in [-0.3, -0.25) is 0 Å². The average molecular weight is 467 g/mol. The molecule has 1 nitrogen and oxygen atoms in total. The number of aliphatic hydroxyl groups is 1. The van der Waals surface area contributed by atoms with Gasteiger partial charge in [0.25, 0.3) is 0 Å². The Labute approximate surface area is 212 Å². The van der Waals surface area contributed by atoms with Gasteiger partial charge in [0.05, 0.1) is 5.60 Å². The smallest absolute Gasteiger partial charge is 0.0750 e. The second-order valence-corrected chi connectivity index (χ2v) is 11.2. The van der Waals surface area contributed by atoms with Crippen molar-refractivity contribution >= 4 is 0 Å². The van der Waals surface area contributed by atoms with E-state index >= 15 is 0 Å². The molecule has 184 valence electrons. The van der Waals surface area contributed by atoms with Crippen LogP contribution in [0.5, 0.6) is 0 Å². The van der Waals surface area contributed by atoms with Gasteiger partial charge in [-0.15, -0.1) is 0 Å². The standard InChI is InChI=1S/C34H42O/c35-34(30-22-13-2-1-3-14-23-30)26-32(28-18-9-5-10-19-28)31(27-16-7-4-8-17-27)24-15-25-33(34)29-20-11-6-12-21-29/h4-12,16-21,30-33,35H,1-3,13-15,22-26H2. The van der Waals surface area contributed by atoms with Crippen molar-refractivity contribution in [3.63, 3.8) is 0 Å². The molecule has 2 fully saturated rings. The van der Waals surface area contributed by atoms with Gasteiger partial charge in [-0.1, -0.05) is 130 Å². The molecule has 0 aromatic heterocycles. The van der Waals surface area contributed by atoms with Crippen molar-refractivity contribution in [3.05, 3.63) is 108 Å². The Morgan fingerprint density at radius 3 is 1.54 bits per heavy atom. The van der Waals surface area contributed by atoms with Gasteiger partial charge in [0.1, 0.15) is 0 Å². The molecular formula is C34H42O. The maximum absolute atomic E-state index is 13.0. The number of hydrogen-bond donors (Lipinski definition) is 1. The van der Waals surface area contributed by atoms with E-state index in [1.54, 1.807) is 0 Å². The molecular weight excluding hydrogens is 424 g/mol. The Bertz CT molecular complexity index is 1010. The van der Waals surface area contributed by atoms with Crippen molar-refractivity contribution in [1.29, 1.82) is 0 Å². The fraction of sp³-hybridized carbons (Fsp3) is 0.471. The molecule has 1 heteroatoms. The topological polar surface area (TPSA) is 20.2 Å². The minimum absolute atomic E-state index is 0.205. The summed E-state index contributed by atoms with van der Waals surface area (Å²) in [4.78, 5) is 0. The zero-order chi connectivity index (χ0) is 23.9. The van der Waals surface area contributed by atoms with Gasteiger partial charge in [0.2, 0.25) is 0 Å². The minimum atomic E-state index is -0.688. The Morgan fingerprint density at radius 2 is 0.971 bits per heavy atom. The summed E-state index contributed by atoms with van der Waals surface area (Å²) in [5.74, 6) is 1.33. The first-order chi connectivity index (χ1) is 17.3. The van der Waals surface area contributed by atoms with Crippen LogP contribution in [0.1, 0.15) is 105 Å². The molecule has 35 heavy (non-hydrogen) atoms. The van der Waals surface area contributed by atoms with E-state index in [1.807, 2.05) is 0 Å². The van der Waals surface area contributed by atoms with Crippen LogP contribution >= 0.6 is 0 Å². The van der Waals surface area contributed by atoms with Crippen LogP contribution in [0.3, 0.4) is 0 Å². The predicted octanol–water partition coefficient (Wildman–Crippen LogP) is 9.00. The van der Waals surface area contributed by atoms with Crippen LogP contribution in [0.2, 0.25) is 0 Å². The number of benzene rings is 3. The highest BCUT2D eigenvalue weighted by atomic mass is 16.3. The Hall–Kier alpha value is -2.38. The van der Waals surface area contributed by atoms with E-state index in [2.05, 4.69) is 91.0 Å². The van der Waals surface area contributed by atoms with Crippen LogP contribution in [0, 0.1) is 5.92 Å². The van der Waals surface area contributed by atoms with E-state index in [4.69, 9.17) is 0 Å². The lowest BCUT2D eigenvalue weighted by Crippen LogP contribution is -2.47. The van der Waals surface area contributed by atoms with Gasteiger partial charge in [0.15, 0.2) is 0 Å². The molecule has 0 amide bonds. The summed E-state index contributed by atoms with van der Waals surface area (Å²) in [7, 11) is 0. The maximum atomic E-state index is 13.0. The molecule has 3 aromatic carbocycles.